The first-order chi connectivity index (χ1) is 7.56. The van der Waals surface area contributed by atoms with Crippen LogP contribution in [0.5, 0.6) is 0 Å². The third kappa shape index (κ3) is 1.63. The molecule has 2 heteroatoms. The van der Waals surface area contributed by atoms with Gasteiger partial charge in [0.25, 0.3) is 0 Å². The minimum Gasteiger partial charge on any atom is -0.257 e. The fraction of sp³-hybridized carbons (Fsp3) is 0.429. The van der Waals surface area contributed by atoms with Gasteiger partial charge >= 0.3 is 0 Å². The maximum atomic E-state index is 9.30. The van der Waals surface area contributed by atoms with Crippen LogP contribution in [0.1, 0.15) is 37.9 Å². The van der Waals surface area contributed by atoms with Crippen molar-refractivity contribution < 1.29 is 0 Å². The molecule has 16 heavy (non-hydrogen) atoms. The lowest BCUT2D eigenvalue weighted by Gasteiger charge is -2.35. The summed E-state index contributed by atoms with van der Waals surface area (Å²) in [5.41, 5.74) is 1.85. The molecule has 0 fully saturated rings. The third-order valence-electron chi connectivity index (χ3n) is 3.36. The van der Waals surface area contributed by atoms with Gasteiger partial charge in [-0.3, -0.25) is 4.98 Å². The van der Waals surface area contributed by atoms with Crippen molar-refractivity contribution in [3.05, 3.63) is 35.7 Å². The highest BCUT2D eigenvalue weighted by atomic mass is 14.7. The lowest BCUT2D eigenvalue weighted by Crippen LogP contribution is -2.27. The zero-order chi connectivity index (χ0) is 11.8. The molecule has 1 aliphatic rings. The average molecular weight is 212 g/mol. The molecule has 2 nitrogen and oxygen atoms in total. The molecular weight excluding hydrogens is 196 g/mol. The van der Waals surface area contributed by atoms with E-state index in [1.807, 2.05) is 19.9 Å². The van der Waals surface area contributed by atoms with Gasteiger partial charge in [-0.15, -0.1) is 0 Å². The van der Waals surface area contributed by atoms with Crippen molar-refractivity contribution in [2.75, 3.05) is 0 Å². The SMILES string of the molecule is C[C@H]1C=Cc2ncccc2[C@@H]1C(C)(C)C#N. The second-order valence-corrected chi connectivity index (χ2v) is 5.01. The largest absolute Gasteiger partial charge is 0.257 e. The Morgan fingerprint density at radius 3 is 2.88 bits per heavy atom. The number of fused-ring (bicyclic) bond motifs is 1. The highest BCUT2D eigenvalue weighted by molar-refractivity contribution is 5.55. The van der Waals surface area contributed by atoms with Crippen LogP contribution in [0.3, 0.4) is 0 Å². The Hall–Kier alpha value is -1.62. The van der Waals surface area contributed by atoms with E-state index in [4.69, 9.17) is 0 Å². The first kappa shape index (κ1) is 10.9. The molecule has 1 aromatic heterocycles. The van der Waals surface area contributed by atoms with Gasteiger partial charge in [-0.05, 0) is 37.5 Å². The molecule has 0 aromatic carbocycles. The number of hydrogen-bond donors (Lipinski definition) is 0. The Morgan fingerprint density at radius 2 is 2.19 bits per heavy atom. The minimum absolute atomic E-state index is 0.228. The van der Waals surface area contributed by atoms with Gasteiger partial charge in [0.05, 0.1) is 17.2 Å². The smallest absolute Gasteiger partial charge is 0.0690 e. The van der Waals surface area contributed by atoms with Crippen LogP contribution in [-0.2, 0) is 0 Å². The van der Waals surface area contributed by atoms with E-state index >= 15 is 0 Å². The Kier molecular flexibility index (Phi) is 2.55. The summed E-state index contributed by atoms with van der Waals surface area (Å²) in [7, 11) is 0. The average Bonchev–Trinajstić information content (AvgIpc) is 2.28. The van der Waals surface area contributed by atoms with Crippen LogP contribution >= 0.6 is 0 Å². The van der Waals surface area contributed by atoms with Crippen molar-refractivity contribution in [2.45, 2.75) is 26.7 Å². The van der Waals surface area contributed by atoms with Gasteiger partial charge in [0.2, 0.25) is 0 Å². The van der Waals surface area contributed by atoms with E-state index in [0.29, 0.717) is 5.92 Å². The first-order valence-corrected chi connectivity index (χ1v) is 5.60. The van der Waals surface area contributed by atoms with Crippen molar-refractivity contribution in [3.8, 4) is 6.07 Å². The molecule has 0 bridgehead atoms. The number of pyridine rings is 1. The molecule has 0 spiro atoms. The molecule has 1 aromatic rings. The molecule has 0 saturated heterocycles. The highest BCUT2D eigenvalue weighted by Crippen LogP contribution is 2.44. The zero-order valence-corrected chi connectivity index (χ0v) is 9.94. The monoisotopic (exact) mass is 212 g/mol. The maximum absolute atomic E-state index is 9.30. The molecule has 82 valence electrons. The fourth-order valence-electron chi connectivity index (χ4n) is 2.58. The van der Waals surface area contributed by atoms with Crippen LogP contribution in [0, 0.1) is 22.7 Å². The molecule has 0 unspecified atom stereocenters. The van der Waals surface area contributed by atoms with E-state index in [9.17, 15) is 5.26 Å². The van der Waals surface area contributed by atoms with E-state index in [1.54, 1.807) is 6.20 Å². The quantitative estimate of drug-likeness (QED) is 0.715. The summed E-state index contributed by atoms with van der Waals surface area (Å²) < 4.78 is 0. The Morgan fingerprint density at radius 1 is 1.44 bits per heavy atom. The zero-order valence-electron chi connectivity index (χ0n) is 9.94. The second kappa shape index (κ2) is 3.75. The van der Waals surface area contributed by atoms with Crippen LogP contribution in [0.4, 0.5) is 0 Å². The van der Waals surface area contributed by atoms with Crippen molar-refractivity contribution in [1.82, 2.24) is 4.98 Å². The van der Waals surface area contributed by atoms with Crippen LogP contribution in [0.25, 0.3) is 6.08 Å². The van der Waals surface area contributed by atoms with E-state index in [1.165, 1.54) is 5.56 Å². The van der Waals surface area contributed by atoms with Crippen LogP contribution in [0.15, 0.2) is 24.4 Å². The third-order valence-corrected chi connectivity index (χ3v) is 3.36. The molecule has 0 N–H and O–H groups in total. The summed E-state index contributed by atoms with van der Waals surface area (Å²) in [4.78, 5) is 4.36. The molecule has 0 radical (unpaired) electrons. The summed E-state index contributed by atoms with van der Waals surface area (Å²) in [6.07, 6.45) is 6.01. The van der Waals surface area contributed by atoms with Gasteiger partial charge in [-0.25, -0.2) is 0 Å². The molecule has 1 heterocycles. The first-order valence-electron chi connectivity index (χ1n) is 5.60. The molecule has 1 aliphatic carbocycles. The van der Waals surface area contributed by atoms with Crippen LogP contribution < -0.4 is 0 Å². The summed E-state index contributed by atoms with van der Waals surface area (Å²) in [5, 5.41) is 9.30. The van der Waals surface area contributed by atoms with Crippen LogP contribution in [-0.4, -0.2) is 4.98 Å². The van der Waals surface area contributed by atoms with E-state index in [2.05, 4.69) is 36.2 Å². The van der Waals surface area contributed by atoms with E-state index in [0.717, 1.165) is 5.69 Å². The number of nitrogens with zero attached hydrogens (tertiary/aromatic N) is 2. The molecular formula is C14H16N2. The van der Waals surface area contributed by atoms with Gasteiger partial charge in [0.1, 0.15) is 0 Å². The van der Waals surface area contributed by atoms with Gasteiger partial charge in [-0.2, -0.15) is 5.26 Å². The standard InChI is InChI=1S/C14H16N2/c1-10-6-7-12-11(5-4-8-16-12)13(10)14(2,3)9-15/h4-8,10,13H,1-3H3/t10-,13+/m0/s1. The van der Waals surface area contributed by atoms with Crippen molar-refractivity contribution in [3.63, 3.8) is 0 Å². The second-order valence-electron chi connectivity index (χ2n) is 5.01. The minimum atomic E-state index is -0.359. The van der Waals surface area contributed by atoms with E-state index < -0.39 is 0 Å². The number of allylic oxidation sites excluding steroid dienone is 1. The Labute approximate surface area is 96.6 Å². The lowest BCUT2D eigenvalue weighted by molar-refractivity contribution is 0.324. The van der Waals surface area contributed by atoms with Crippen molar-refractivity contribution in [2.24, 2.45) is 11.3 Å². The summed E-state index contributed by atoms with van der Waals surface area (Å²) in [5.74, 6) is 0.609. The summed E-state index contributed by atoms with van der Waals surface area (Å²) in [6, 6.07) is 6.46. The predicted octanol–water partition coefficient (Wildman–Crippen LogP) is 3.38. The van der Waals surface area contributed by atoms with Crippen molar-refractivity contribution >= 4 is 6.08 Å². The van der Waals surface area contributed by atoms with Crippen LogP contribution in [0.2, 0.25) is 0 Å². The normalized spacial score (nSPS) is 23.6. The fourth-order valence-corrected chi connectivity index (χ4v) is 2.58. The Balaban J connectivity index is 2.55. The number of rotatable bonds is 1. The van der Waals surface area contributed by atoms with Gasteiger partial charge in [-0.1, -0.05) is 19.1 Å². The molecule has 0 aliphatic heterocycles. The highest BCUT2D eigenvalue weighted by Gasteiger charge is 2.37. The predicted molar refractivity (Wildman–Crippen MR) is 64.6 cm³/mol. The van der Waals surface area contributed by atoms with Gasteiger partial charge in [0.15, 0.2) is 0 Å². The number of nitriles is 1. The molecule has 2 rings (SSSR count). The van der Waals surface area contributed by atoms with Gasteiger partial charge in [0, 0.05) is 12.1 Å². The van der Waals surface area contributed by atoms with Crippen molar-refractivity contribution in [1.29, 1.82) is 5.26 Å². The summed E-state index contributed by atoms with van der Waals surface area (Å²) in [6.45, 7) is 6.17. The molecule has 0 amide bonds. The molecule has 2 atom stereocenters. The number of aromatic nitrogens is 1. The van der Waals surface area contributed by atoms with Gasteiger partial charge < -0.3 is 0 Å². The summed E-state index contributed by atoms with van der Waals surface area (Å²) >= 11 is 0. The maximum Gasteiger partial charge on any atom is 0.0690 e. The number of hydrogen-bond acceptors (Lipinski definition) is 2. The lowest BCUT2D eigenvalue weighted by atomic mass is 9.67. The van der Waals surface area contributed by atoms with E-state index in [-0.39, 0.29) is 11.3 Å². The topological polar surface area (TPSA) is 36.7 Å². The molecule has 0 saturated carbocycles. The Bertz CT molecular complexity index is 466.